The molecule has 1 aliphatic rings. The quantitative estimate of drug-likeness (QED) is 0.558. The number of carbonyl (C=O) groups is 2. The van der Waals surface area contributed by atoms with Gasteiger partial charge in [-0.2, -0.15) is 0 Å². The molecule has 1 fully saturated rings. The Hall–Kier alpha value is -1.18. The minimum Gasteiger partial charge on any atom is -0.385 e. The standard InChI is InChI=1S/C13H25N3O4/c1-16(9-12(17)14-5-4-6-19-2)13(18)11-7-10(20-3)8-15-11/h10-11,15H,4-9H2,1-3H3,(H,14,17). The van der Waals surface area contributed by atoms with Gasteiger partial charge in [0.2, 0.25) is 11.8 Å². The number of nitrogens with zero attached hydrogens (tertiary/aromatic N) is 1. The second kappa shape index (κ2) is 8.89. The zero-order chi connectivity index (χ0) is 15.0. The van der Waals surface area contributed by atoms with Crippen molar-refractivity contribution in [2.24, 2.45) is 0 Å². The molecule has 2 N–H and O–H groups in total. The molecule has 2 amide bonds. The van der Waals surface area contributed by atoms with Gasteiger partial charge in [0.05, 0.1) is 18.7 Å². The van der Waals surface area contributed by atoms with E-state index in [9.17, 15) is 9.59 Å². The lowest BCUT2D eigenvalue weighted by atomic mass is 10.2. The van der Waals surface area contributed by atoms with Crippen LogP contribution in [0.15, 0.2) is 0 Å². The second-order valence-electron chi connectivity index (χ2n) is 4.94. The monoisotopic (exact) mass is 287 g/mol. The van der Waals surface area contributed by atoms with Crippen LogP contribution in [0.4, 0.5) is 0 Å². The van der Waals surface area contributed by atoms with Crippen molar-refractivity contribution in [2.75, 3.05) is 47.5 Å². The number of hydrogen-bond donors (Lipinski definition) is 2. The molecule has 0 aliphatic carbocycles. The van der Waals surface area contributed by atoms with Crippen LogP contribution in [0.25, 0.3) is 0 Å². The first kappa shape index (κ1) is 16.9. The van der Waals surface area contributed by atoms with Gasteiger partial charge >= 0.3 is 0 Å². The molecule has 7 heteroatoms. The number of nitrogens with one attached hydrogen (secondary N) is 2. The summed E-state index contributed by atoms with van der Waals surface area (Å²) in [5.74, 6) is -0.227. The summed E-state index contributed by atoms with van der Waals surface area (Å²) in [4.78, 5) is 25.2. The molecule has 2 atom stereocenters. The van der Waals surface area contributed by atoms with Crippen molar-refractivity contribution in [1.82, 2.24) is 15.5 Å². The average molecular weight is 287 g/mol. The molecule has 2 unspecified atom stereocenters. The van der Waals surface area contributed by atoms with E-state index in [1.54, 1.807) is 21.3 Å². The summed E-state index contributed by atoms with van der Waals surface area (Å²) >= 11 is 0. The average Bonchev–Trinajstić information content (AvgIpc) is 2.91. The third-order valence-electron chi connectivity index (χ3n) is 3.33. The Morgan fingerprint density at radius 1 is 1.40 bits per heavy atom. The highest BCUT2D eigenvalue weighted by Gasteiger charge is 2.31. The summed E-state index contributed by atoms with van der Waals surface area (Å²) in [6.07, 6.45) is 1.48. The van der Waals surface area contributed by atoms with Crippen LogP contribution in [-0.4, -0.2) is 76.4 Å². The van der Waals surface area contributed by atoms with E-state index in [1.807, 2.05) is 0 Å². The van der Waals surface area contributed by atoms with Gasteiger partial charge in [0.15, 0.2) is 0 Å². The lowest BCUT2D eigenvalue weighted by molar-refractivity contribution is -0.136. The molecular formula is C13H25N3O4. The van der Waals surface area contributed by atoms with Crippen LogP contribution >= 0.6 is 0 Å². The van der Waals surface area contributed by atoms with Crippen LogP contribution in [0.2, 0.25) is 0 Å². The molecule has 1 saturated heterocycles. The fourth-order valence-electron chi connectivity index (χ4n) is 2.13. The van der Waals surface area contributed by atoms with Crippen LogP contribution in [0, 0.1) is 0 Å². The molecule has 0 radical (unpaired) electrons. The van der Waals surface area contributed by atoms with Crippen molar-refractivity contribution in [3.63, 3.8) is 0 Å². The van der Waals surface area contributed by atoms with E-state index >= 15 is 0 Å². The van der Waals surface area contributed by atoms with E-state index in [0.29, 0.717) is 26.1 Å². The van der Waals surface area contributed by atoms with Crippen molar-refractivity contribution < 1.29 is 19.1 Å². The number of amides is 2. The van der Waals surface area contributed by atoms with Crippen molar-refractivity contribution in [3.8, 4) is 0 Å². The number of hydrogen-bond acceptors (Lipinski definition) is 5. The maximum Gasteiger partial charge on any atom is 0.240 e. The van der Waals surface area contributed by atoms with Crippen molar-refractivity contribution in [3.05, 3.63) is 0 Å². The first-order valence-electron chi connectivity index (χ1n) is 6.85. The van der Waals surface area contributed by atoms with E-state index in [0.717, 1.165) is 6.42 Å². The predicted molar refractivity (Wildman–Crippen MR) is 74.3 cm³/mol. The largest absolute Gasteiger partial charge is 0.385 e. The number of methoxy groups -OCH3 is 2. The zero-order valence-corrected chi connectivity index (χ0v) is 12.5. The third kappa shape index (κ3) is 5.44. The lowest BCUT2D eigenvalue weighted by Gasteiger charge is -2.20. The predicted octanol–water partition coefficient (Wildman–Crippen LogP) is -1.03. The highest BCUT2D eigenvalue weighted by molar-refractivity contribution is 5.87. The number of carbonyl (C=O) groups excluding carboxylic acids is 2. The van der Waals surface area contributed by atoms with Crippen LogP contribution in [0.3, 0.4) is 0 Å². The fourth-order valence-corrected chi connectivity index (χ4v) is 2.13. The van der Waals surface area contributed by atoms with Crippen LogP contribution in [-0.2, 0) is 19.1 Å². The highest BCUT2D eigenvalue weighted by atomic mass is 16.5. The molecule has 0 aromatic heterocycles. The summed E-state index contributed by atoms with van der Waals surface area (Å²) < 4.78 is 10.1. The smallest absolute Gasteiger partial charge is 0.240 e. The zero-order valence-electron chi connectivity index (χ0n) is 12.5. The van der Waals surface area contributed by atoms with Crippen molar-refractivity contribution >= 4 is 11.8 Å². The van der Waals surface area contributed by atoms with E-state index in [2.05, 4.69) is 10.6 Å². The summed E-state index contributed by atoms with van der Waals surface area (Å²) in [7, 11) is 4.89. The topological polar surface area (TPSA) is 79.9 Å². The molecule has 1 rings (SSSR count). The molecule has 0 aromatic carbocycles. The van der Waals surface area contributed by atoms with Gasteiger partial charge in [-0.3, -0.25) is 9.59 Å². The molecule has 1 heterocycles. The van der Waals surface area contributed by atoms with Gasteiger partial charge in [-0.25, -0.2) is 0 Å². The van der Waals surface area contributed by atoms with E-state index in [1.165, 1.54) is 4.90 Å². The third-order valence-corrected chi connectivity index (χ3v) is 3.33. The van der Waals surface area contributed by atoms with E-state index in [4.69, 9.17) is 9.47 Å². The van der Waals surface area contributed by atoms with Gasteiger partial charge in [-0.1, -0.05) is 0 Å². The summed E-state index contributed by atoms with van der Waals surface area (Å²) in [6, 6.07) is -0.258. The minimum absolute atomic E-state index is 0.0696. The molecule has 0 bridgehead atoms. The van der Waals surface area contributed by atoms with Gasteiger partial charge in [-0.15, -0.1) is 0 Å². The molecular weight excluding hydrogens is 262 g/mol. The number of ether oxygens (including phenoxy) is 2. The molecule has 116 valence electrons. The SMILES string of the molecule is COCCCNC(=O)CN(C)C(=O)C1CC(OC)CN1. The second-order valence-corrected chi connectivity index (χ2v) is 4.94. The summed E-state index contributed by atoms with van der Waals surface area (Å²) in [6.45, 7) is 1.91. The maximum atomic E-state index is 12.1. The van der Waals surface area contributed by atoms with Crippen LogP contribution in [0.5, 0.6) is 0 Å². The van der Waals surface area contributed by atoms with Gasteiger partial charge in [0.25, 0.3) is 0 Å². The molecule has 0 aromatic rings. The Morgan fingerprint density at radius 2 is 2.15 bits per heavy atom. The van der Waals surface area contributed by atoms with Crippen LogP contribution < -0.4 is 10.6 Å². The number of rotatable bonds is 8. The maximum absolute atomic E-state index is 12.1. The van der Waals surface area contributed by atoms with Gasteiger partial charge in [0.1, 0.15) is 0 Å². The Balaban J connectivity index is 2.25. The Morgan fingerprint density at radius 3 is 2.75 bits per heavy atom. The fraction of sp³-hybridized carbons (Fsp3) is 0.846. The summed E-state index contributed by atoms with van der Waals surface area (Å²) in [5, 5.41) is 5.86. The van der Waals surface area contributed by atoms with Crippen LogP contribution in [0.1, 0.15) is 12.8 Å². The molecule has 20 heavy (non-hydrogen) atoms. The molecule has 1 aliphatic heterocycles. The first-order chi connectivity index (χ1) is 9.58. The number of likely N-dealkylation sites (N-methyl/N-ethyl adjacent to an activating group) is 1. The van der Waals surface area contributed by atoms with Gasteiger partial charge in [-0.05, 0) is 12.8 Å². The molecule has 0 spiro atoms. The van der Waals surface area contributed by atoms with E-state index < -0.39 is 0 Å². The molecule has 7 nitrogen and oxygen atoms in total. The van der Waals surface area contributed by atoms with Crippen molar-refractivity contribution in [1.29, 1.82) is 0 Å². The normalized spacial score (nSPS) is 21.8. The Bertz CT molecular complexity index is 325. The first-order valence-corrected chi connectivity index (χ1v) is 6.85. The lowest BCUT2D eigenvalue weighted by Crippen LogP contribution is -2.45. The van der Waals surface area contributed by atoms with Gasteiger partial charge in [0, 0.05) is 41.0 Å². The Kier molecular flexibility index (Phi) is 7.50. The van der Waals surface area contributed by atoms with Crippen molar-refractivity contribution in [2.45, 2.75) is 25.0 Å². The van der Waals surface area contributed by atoms with Gasteiger partial charge < -0.3 is 25.0 Å². The molecule has 0 saturated carbocycles. The van der Waals surface area contributed by atoms with E-state index in [-0.39, 0.29) is 30.5 Å². The minimum atomic E-state index is -0.258. The summed E-state index contributed by atoms with van der Waals surface area (Å²) in [5.41, 5.74) is 0. The highest BCUT2D eigenvalue weighted by Crippen LogP contribution is 2.11. The Labute approximate surface area is 120 Å².